The Hall–Kier alpha value is -2.02. The van der Waals surface area contributed by atoms with Gasteiger partial charge in [0.1, 0.15) is 17.0 Å². The van der Waals surface area contributed by atoms with Crippen LogP contribution in [-0.4, -0.2) is 15.0 Å². The van der Waals surface area contributed by atoms with Gasteiger partial charge in [0, 0.05) is 6.20 Å². The summed E-state index contributed by atoms with van der Waals surface area (Å²) in [6, 6.07) is 6.65. The maximum atomic E-state index is 12.8. The van der Waals surface area contributed by atoms with Crippen molar-refractivity contribution in [1.29, 1.82) is 0 Å². The van der Waals surface area contributed by atoms with Gasteiger partial charge in [0.05, 0.1) is 11.3 Å². The Morgan fingerprint density at radius 1 is 1.16 bits per heavy atom. The van der Waals surface area contributed by atoms with Crippen molar-refractivity contribution in [2.24, 2.45) is 0 Å². The van der Waals surface area contributed by atoms with E-state index in [9.17, 15) is 13.2 Å². The smallest absolute Gasteiger partial charge is 0.344 e. The molecule has 98 valence electrons. The third-order valence-electron chi connectivity index (χ3n) is 2.30. The maximum Gasteiger partial charge on any atom is 0.418 e. The first-order valence-electron chi connectivity index (χ1n) is 5.22. The van der Waals surface area contributed by atoms with Crippen molar-refractivity contribution in [1.82, 2.24) is 9.97 Å². The normalized spacial score (nSPS) is 11.1. The molecule has 19 heavy (non-hydrogen) atoms. The first-order valence-corrected chi connectivity index (χ1v) is 5.63. The molecule has 1 heterocycles. The van der Waals surface area contributed by atoms with Crippen LogP contribution < -0.4 is 5.32 Å². The highest BCUT2D eigenvalue weighted by Crippen LogP contribution is 2.34. The molecule has 0 radical (unpaired) electrons. The summed E-state index contributed by atoms with van der Waals surface area (Å²) in [6.45, 7) is 0. The van der Waals surface area contributed by atoms with Crippen LogP contribution in [0.4, 0.5) is 18.9 Å². The molecule has 3 nitrogen and oxygen atoms in total. The third kappa shape index (κ3) is 3.25. The van der Waals surface area contributed by atoms with Gasteiger partial charge in [-0.25, -0.2) is 9.97 Å². The predicted octanol–water partition coefficient (Wildman–Crippen LogP) is 3.28. The SMILES string of the molecule is FC(F)(F)c1ccccc1NC(=S)c1ccncn1. The van der Waals surface area contributed by atoms with Crippen LogP contribution in [-0.2, 0) is 6.18 Å². The van der Waals surface area contributed by atoms with E-state index in [-0.39, 0.29) is 10.7 Å². The lowest BCUT2D eigenvalue weighted by Crippen LogP contribution is -2.16. The van der Waals surface area contributed by atoms with E-state index in [2.05, 4.69) is 15.3 Å². The first kappa shape index (κ1) is 13.4. The van der Waals surface area contributed by atoms with Crippen molar-refractivity contribution in [3.8, 4) is 0 Å². The number of benzene rings is 1. The highest BCUT2D eigenvalue weighted by atomic mass is 32.1. The van der Waals surface area contributed by atoms with Crippen molar-refractivity contribution < 1.29 is 13.2 Å². The van der Waals surface area contributed by atoms with Crippen molar-refractivity contribution in [3.05, 3.63) is 54.1 Å². The Morgan fingerprint density at radius 3 is 2.53 bits per heavy atom. The maximum absolute atomic E-state index is 12.8. The van der Waals surface area contributed by atoms with E-state index in [4.69, 9.17) is 12.2 Å². The number of hydrogen-bond donors (Lipinski definition) is 1. The Morgan fingerprint density at radius 2 is 1.89 bits per heavy atom. The van der Waals surface area contributed by atoms with Crippen LogP contribution >= 0.6 is 12.2 Å². The van der Waals surface area contributed by atoms with Crippen LogP contribution in [0.25, 0.3) is 0 Å². The molecule has 0 spiro atoms. The zero-order valence-electron chi connectivity index (χ0n) is 9.48. The van der Waals surface area contributed by atoms with Gasteiger partial charge in [-0.1, -0.05) is 24.4 Å². The minimum absolute atomic E-state index is 0.0985. The number of hydrogen-bond acceptors (Lipinski definition) is 3. The molecule has 2 aromatic rings. The second-order valence-corrected chi connectivity index (χ2v) is 4.00. The molecule has 1 aromatic carbocycles. The van der Waals surface area contributed by atoms with Crippen LogP contribution in [0.1, 0.15) is 11.3 Å². The summed E-state index contributed by atoms with van der Waals surface area (Å²) in [5.41, 5.74) is -0.507. The fourth-order valence-corrected chi connectivity index (χ4v) is 1.68. The van der Waals surface area contributed by atoms with Crippen LogP contribution in [0.15, 0.2) is 42.9 Å². The largest absolute Gasteiger partial charge is 0.418 e. The first-order chi connectivity index (χ1) is 8.98. The van der Waals surface area contributed by atoms with E-state index in [1.165, 1.54) is 36.8 Å². The van der Waals surface area contributed by atoms with Gasteiger partial charge in [0.2, 0.25) is 0 Å². The third-order valence-corrected chi connectivity index (χ3v) is 2.61. The highest BCUT2D eigenvalue weighted by Gasteiger charge is 2.33. The summed E-state index contributed by atoms with van der Waals surface area (Å²) in [5, 5.41) is 2.55. The van der Waals surface area contributed by atoms with Gasteiger partial charge in [0.15, 0.2) is 0 Å². The second-order valence-electron chi connectivity index (χ2n) is 3.59. The highest BCUT2D eigenvalue weighted by molar-refractivity contribution is 7.81. The molecule has 0 aliphatic rings. The van der Waals surface area contributed by atoms with E-state index in [1.807, 2.05) is 0 Å². The molecule has 2 rings (SSSR count). The standard InChI is InChI=1S/C12H8F3N3S/c13-12(14,15)8-3-1-2-4-9(8)18-11(19)10-5-6-16-7-17-10/h1-7H,(H,18,19). The van der Waals surface area contributed by atoms with Crippen molar-refractivity contribution >= 4 is 22.9 Å². The number of thiocarbonyl (C=S) groups is 1. The van der Waals surface area contributed by atoms with E-state index in [0.29, 0.717) is 5.69 Å². The van der Waals surface area contributed by atoms with Gasteiger partial charge in [-0.05, 0) is 18.2 Å². The zero-order valence-corrected chi connectivity index (χ0v) is 10.3. The predicted molar refractivity (Wildman–Crippen MR) is 68.8 cm³/mol. The number of para-hydroxylation sites is 1. The Labute approximate surface area is 112 Å². The molecule has 7 heteroatoms. The molecule has 0 aliphatic carbocycles. The lowest BCUT2D eigenvalue weighted by molar-refractivity contribution is -0.136. The molecule has 0 amide bonds. The summed E-state index contributed by atoms with van der Waals surface area (Å²) in [6.07, 6.45) is -1.70. The Bertz CT molecular complexity index is 584. The lowest BCUT2D eigenvalue weighted by Gasteiger charge is -2.14. The van der Waals surface area contributed by atoms with Crippen LogP contribution in [0, 0.1) is 0 Å². The monoisotopic (exact) mass is 283 g/mol. The number of alkyl halides is 3. The molecule has 0 saturated carbocycles. The minimum Gasteiger partial charge on any atom is -0.344 e. The summed E-state index contributed by atoms with van der Waals surface area (Å²) < 4.78 is 38.4. The number of rotatable bonds is 2. The van der Waals surface area contributed by atoms with Crippen LogP contribution in [0.5, 0.6) is 0 Å². The molecule has 0 bridgehead atoms. The minimum atomic E-state index is -4.44. The number of halogens is 3. The molecule has 0 fully saturated rings. The van der Waals surface area contributed by atoms with Gasteiger partial charge in [-0.2, -0.15) is 13.2 Å². The number of aromatic nitrogens is 2. The number of nitrogens with zero attached hydrogens (tertiary/aromatic N) is 2. The summed E-state index contributed by atoms with van der Waals surface area (Å²) in [5.74, 6) is 0. The average molecular weight is 283 g/mol. The fourth-order valence-electron chi connectivity index (χ4n) is 1.45. The lowest BCUT2D eigenvalue weighted by atomic mass is 10.1. The molecule has 1 N–H and O–H groups in total. The van der Waals surface area contributed by atoms with Crippen LogP contribution in [0.3, 0.4) is 0 Å². The molecule has 0 aliphatic heterocycles. The second kappa shape index (κ2) is 5.31. The molecule has 0 atom stereocenters. The molecular weight excluding hydrogens is 275 g/mol. The van der Waals surface area contributed by atoms with Gasteiger partial charge in [-0.3, -0.25) is 0 Å². The summed E-state index contributed by atoms with van der Waals surface area (Å²) in [7, 11) is 0. The summed E-state index contributed by atoms with van der Waals surface area (Å²) >= 11 is 5.02. The van der Waals surface area contributed by atoms with Gasteiger partial charge in [-0.15, -0.1) is 0 Å². The van der Waals surface area contributed by atoms with Gasteiger partial charge in [0.25, 0.3) is 0 Å². The average Bonchev–Trinajstić information content (AvgIpc) is 2.39. The van der Waals surface area contributed by atoms with Gasteiger partial charge >= 0.3 is 6.18 Å². The van der Waals surface area contributed by atoms with Crippen LogP contribution in [0.2, 0.25) is 0 Å². The summed E-state index contributed by atoms with van der Waals surface area (Å²) in [4.78, 5) is 7.69. The Kier molecular flexibility index (Phi) is 3.75. The van der Waals surface area contributed by atoms with E-state index < -0.39 is 11.7 Å². The number of nitrogens with one attached hydrogen (secondary N) is 1. The van der Waals surface area contributed by atoms with Crippen molar-refractivity contribution in [2.45, 2.75) is 6.18 Å². The van der Waals surface area contributed by atoms with E-state index in [0.717, 1.165) is 6.07 Å². The zero-order chi connectivity index (χ0) is 13.9. The number of anilines is 1. The van der Waals surface area contributed by atoms with Crippen molar-refractivity contribution in [2.75, 3.05) is 5.32 Å². The fraction of sp³-hybridized carbons (Fsp3) is 0.0833. The van der Waals surface area contributed by atoms with E-state index in [1.54, 1.807) is 0 Å². The molecule has 0 saturated heterocycles. The molecular formula is C12H8F3N3S. The van der Waals surface area contributed by atoms with E-state index >= 15 is 0 Å². The topological polar surface area (TPSA) is 37.8 Å². The molecule has 1 aromatic heterocycles. The molecule has 0 unspecified atom stereocenters. The Balaban J connectivity index is 2.28. The van der Waals surface area contributed by atoms with Crippen molar-refractivity contribution in [3.63, 3.8) is 0 Å². The van der Waals surface area contributed by atoms with Gasteiger partial charge < -0.3 is 5.32 Å². The quantitative estimate of drug-likeness (QED) is 0.858.